The van der Waals surface area contributed by atoms with E-state index in [0.29, 0.717) is 22.7 Å². The van der Waals surface area contributed by atoms with Crippen LogP contribution >= 0.6 is 0 Å². The van der Waals surface area contributed by atoms with E-state index >= 15 is 0 Å². The van der Waals surface area contributed by atoms with Crippen molar-refractivity contribution in [2.75, 3.05) is 6.61 Å². The van der Waals surface area contributed by atoms with Crippen LogP contribution in [0.25, 0.3) is 11.8 Å². The van der Waals surface area contributed by atoms with E-state index < -0.39 is 17.7 Å². The molecule has 3 rings (SSSR count). The van der Waals surface area contributed by atoms with Gasteiger partial charge in [-0.3, -0.25) is 0 Å². The van der Waals surface area contributed by atoms with Crippen LogP contribution in [0.15, 0.2) is 46.3 Å². The van der Waals surface area contributed by atoms with Crippen LogP contribution in [0.3, 0.4) is 0 Å². The molecule has 0 bridgehead atoms. The number of rotatable bonds is 4. The van der Waals surface area contributed by atoms with Gasteiger partial charge in [0.05, 0.1) is 23.6 Å². The van der Waals surface area contributed by atoms with Crippen molar-refractivity contribution in [2.45, 2.75) is 40.8 Å². The maximum absolute atomic E-state index is 13.6. The van der Waals surface area contributed by atoms with Crippen LogP contribution in [0.2, 0.25) is 0 Å². The van der Waals surface area contributed by atoms with Crippen LogP contribution < -0.4 is 0 Å². The van der Waals surface area contributed by atoms with Crippen LogP contribution in [0.5, 0.6) is 0 Å². The molecule has 8 heteroatoms. The van der Waals surface area contributed by atoms with Crippen molar-refractivity contribution >= 4 is 17.8 Å². The minimum Gasteiger partial charge on any atom is -0.505 e. The highest BCUT2D eigenvalue weighted by Gasteiger charge is 2.35. The molecule has 0 saturated heterocycles. The molecule has 1 aliphatic heterocycles. The summed E-state index contributed by atoms with van der Waals surface area (Å²) >= 11 is 0. The summed E-state index contributed by atoms with van der Waals surface area (Å²) in [5.74, 6) is -0.984. The molecule has 0 amide bonds. The van der Waals surface area contributed by atoms with Crippen molar-refractivity contribution in [3.05, 3.63) is 69.4 Å². The van der Waals surface area contributed by atoms with Crippen molar-refractivity contribution in [1.29, 1.82) is 0 Å². The molecule has 0 unspecified atom stereocenters. The van der Waals surface area contributed by atoms with E-state index in [1.54, 1.807) is 51.3 Å². The Morgan fingerprint density at radius 2 is 1.81 bits per heavy atom. The maximum atomic E-state index is 13.6. The fraction of sp³-hybridized carbons (Fsp3) is 0.304. The summed E-state index contributed by atoms with van der Waals surface area (Å²) in [4.78, 5) is 16.4. The van der Waals surface area contributed by atoms with Crippen molar-refractivity contribution in [3.8, 4) is 5.69 Å². The van der Waals surface area contributed by atoms with Gasteiger partial charge in [0.25, 0.3) is 0 Å². The summed E-state index contributed by atoms with van der Waals surface area (Å²) in [6.45, 7) is 8.63. The van der Waals surface area contributed by atoms with E-state index in [0.717, 1.165) is 11.6 Å². The highest BCUT2D eigenvalue weighted by atomic mass is 19.4. The van der Waals surface area contributed by atoms with Crippen LogP contribution in [0.4, 0.5) is 13.2 Å². The second kappa shape index (κ2) is 8.09. The van der Waals surface area contributed by atoms with Gasteiger partial charge in [0.1, 0.15) is 11.3 Å². The molecule has 0 radical (unpaired) electrons. The van der Waals surface area contributed by atoms with E-state index in [1.807, 2.05) is 0 Å². The highest BCUT2D eigenvalue weighted by Crippen LogP contribution is 2.37. The van der Waals surface area contributed by atoms with Crippen molar-refractivity contribution in [3.63, 3.8) is 0 Å². The number of esters is 1. The number of hydrogen-bond donors (Lipinski definition) is 1. The standard InChI is InChI=1S/C23H23F3N2O3/c1-6-31-22(30)20-13(3)27-18(21(20)29)11-16-12(2)14(4)28(15(16)5)19-10-8-7-9-17(19)23(24,25)26/h7-11,29H,6H2,1-5H3/b18-11+. The number of carbonyl (C=O) groups excluding carboxylic acids is 1. The number of carbonyl (C=O) groups is 1. The number of aliphatic imine (C=N–C) groups is 1. The molecule has 164 valence electrons. The summed E-state index contributed by atoms with van der Waals surface area (Å²) in [5, 5.41) is 10.5. The van der Waals surface area contributed by atoms with E-state index in [4.69, 9.17) is 4.74 Å². The summed E-state index contributed by atoms with van der Waals surface area (Å²) in [5.41, 5.74) is 2.31. The fourth-order valence-corrected chi connectivity index (χ4v) is 3.76. The molecule has 0 atom stereocenters. The zero-order valence-corrected chi connectivity index (χ0v) is 17.9. The number of halogens is 3. The first-order chi connectivity index (χ1) is 14.5. The number of nitrogens with zero attached hydrogens (tertiary/aromatic N) is 2. The van der Waals surface area contributed by atoms with E-state index in [1.165, 1.54) is 12.1 Å². The number of para-hydroxylation sites is 1. The smallest absolute Gasteiger partial charge is 0.418 e. The first-order valence-corrected chi connectivity index (χ1v) is 9.72. The number of ether oxygens (including phenoxy) is 1. The normalized spacial score (nSPS) is 15.6. The monoisotopic (exact) mass is 432 g/mol. The Hall–Kier alpha value is -3.29. The van der Waals surface area contributed by atoms with Gasteiger partial charge in [-0.25, -0.2) is 9.79 Å². The molecule has 0 aliphatic carbocycles. The Bertz CT molecular complexity index is 1150. The lowest BCUT2D eigenvalue weighted by Gasteiger charge is -2.16. The molecule has 0 fully saturated rings. The molecular formula is C23H23F3N2O3. The van der Waals surface area contributed by atoms with E-state index in [-0.39, 0.29) is 29.3 Å². The van der Waals surface area contributed by atoms with Crippen LogP contribution in [0, 0.1) is 20.8 Å². The van der Waals surface area contributed by atoms with Crippen LogP contribution in [-0.4, -0.2) is 28.0 Å². The minimum atomic E-state index is -4.51. The van der Waals surface area contributed by atoms with Crippen molar-refractivity contribution in [1.82, 2.24) is 4.57 Å². The minimum absolute atomic E-state index is 0.0121. The molecule has 1 aliphatic rings. The van der Waals surface area contributed by atoms with Gasteiger partial charge in [-0.05, 0) is 58.4 Å². The molecule has 1 aromatic heterocycles. The Morgan fingerprint density at radius 1 is 1.16 bits per heavy atom. The van der Waals surface area contributed by atoms with Gasteiger partial charge in [-0.1, -0.05) is 12.1 Å². The summed E-state index contributed by atoms with van der Waals surface area (Å²) in [7, 11) is 0. The van der Waals surface area contributed by atoms with Gasteiger partial charge >= 0.3 is 12.1 Å². The molecule has 1 N–H and O–H groups in total. The Kier molecular flexibility index (Phi) is 5.85. The predicted molar refractivity (Wildman–Crippen MR) is 112 cm³/mol. The number of alkyl halides is 3. The molecule has 2 heterocycles. The van der Waals surface area contributed by atoms with Gasteiger partial charge in [0, 0.05) is 17.0 Å². The summed E-state index contributed by atoms with van der Waals surface area (Å²) < 4.78 is 47.3. The molecule has 5 nitrogen and oxygen atoms in total. The topological polar surface area (TPSA) is 63.8 Å². The lowest BCUT2D eigenvalue weighted by Crippen LogP contribution is -2.13. The maximum Gasteiger partial charge on any atom is 0.418 e. The number of aliphatic hydroxyl groups excluding tert-OH is 1. The van der Waals surface area contributed by atoms with E-state index in [2.05, 4.69) is 4.99 Å². The lowest BCUT2D eigenvalue weighted by molar-refractivity contribution is -0.138. The molecule has 2 aromatic rings. The highest BCUT2D eigenvalue weighted by molar-refractivity contribution is 6.22. The molecule has 0 spiro atoms. The second-order valence-electron chi connectivity index (χ2n) is 7.23. The van der Waals surface area contributed by atoms with Crippen molar-refractivity contribution in [2.24, 2.45) is 4.99 Å². The van der Waals surface area contributed by atoms with Gasteiger partial charge < -0.3 is 14.4 Å². The molecule has 31 heavy (non-hydrogen) atoms. The van der Waals surface area contributed by atoms with Crippen molar-refractivity contribution < 1.29 is 27.8 Å². The Labute approximate surface area is 178 Å². The average Bonchev–Trinajstić information content (AvgIpc) is 3.08. The number of aromatic nitrogens is 1. The molecular weight excluding hydrogens is 409 g/mol. The zero-order valence-electron chi connectivity index (χ0n) is 17.9. The molecule has 0 saturated carbocycles. The first-order valence-electron chi connectivity index (χ1n) is 9.72. The fourth-order valence-electron chi connectivity index (χ4n) is 3.76. The first kappa shape index (κ1) is 22.4. The number of hydrogen-bond acceptors (Lipinski definition) is 4. The lowest BCUT2D eigenvalue weighted by atomic mass is 10.1. The third-order valence-corrected chi connectivity index (χ3v) is 5.35. The summed E-state index contributed by atoms with van der Waals surface area (Å²) in [6.07, 6.45) is -2.93. The van der Waals surface area contributed by atoms with Gasteiger partial charge in [0.2, 0.25) is 0 Å². The van der Waals surface area contributed by atoms with Gasteiger partial charge in [-0.15, -0.1) is 0 Å². The molecule has 1 aromatic carbocycles. The number of benzene rings is 1. The average molecular weight is 432 g/mol. The van der Waals surface area contributed by atoms with Gasteiger partial charge in [0.15, 0.2) is 5.76 Å². The predicted octanol–water partition coefficient (Wildman–Crippen LogP) is 5.61. The zero-order chi connectivity index (χ0) is 23.1. The third-order valence-electron chi connectivity index (χ3n) is 5.35. The van der Waals surface area contributed by atoms with Crippen LogP contribution in [0.1, 0.15) is 41.9 Å². The van der Waals surface area contributed by atoms with Gasteiger partial charge in [-0.2, -0.15) is 13.2 Å². The SMILES string of the molecule is CCOC(=O)C1=C(O)/C(=C\c2c(C)c(C)n(-c3ccccc3C(F)(F)F)c2C)N=C1C. The number of aliphatic hydroxyl groups is 1. The third kappa shape index (κ3) is 3.89. The summed E-state index contributed by atoms with van der Waals surface area (Å²) in [6, 6.07) is 5.38. The second-order valence-corrected chi connectivity index (χ2v) is 7.23. The Balaban J connectivity index is 2.17. The quantitative estimate of drug-likeness (QED) is 0.639. The largest absolute Gasteiger partial charge is 0.505 e. The van der Waals surface area contributed by atoms with E-state index in [9.17, 15) is 23.1 Å². The van der Waals surface area contributed by atoms with Crippen LogP contribution in [-0.2, 0) is 15.7 Å². The Morgan fingerprint density at radius 3 is 2.42 bits per heavy atom.